The third kappa shape index (κ3) is 4.43. The molecule has 0 radical (unpaired) electrons. The Morgan fingerprint density at radius 1 is 1.31 bits per heavy atom. The van der Waals surface area contributed by atoms with E-state index in [4.69, 9.17) is 0 Å². The molecule has 0 spiro atoms. The highest BCUT2D eigenvalue weighted by Crippen LogP contribution is 2.25. The van der Waals surface area contributed by atoms with Crippen LogP contribution in [0.3, 0.4) is 0 Å². The van der Waals surface area contributed by atoms with E-state index in [2.05, 4.69) is 10.3 Å². The van der Waals surface area contributed by atoms with Crippen LogP contribution in [0.2, 0.25) is 0 Å². The van der Waals surface area contributed by atoms with Gasteiger partial charge in [0.2, 0.25) is 11.9 Å². The first kappa shape index (κ1) is 20.4. The second-order valence-electron chi connectivity index (χ2n) is 6.07. The molecule has 9 heteroatoms. The Morgan fingerprint density at radius 3 is 2.62 bits per heavy atom. The lowest BCUT2D eigenvalue weighted by atomic mass is 9.87. The summed E-state index contributed by atoms with van der Waals surface area (Å²) >= 11 is 0. The van der Waals surface area contributed by atoms with Crippen LogP contribution >= 0.6 is 0 Å². The monoisotopic (exact) mass is 369 g/mol. The van der Waals surface area contributed by atoms with E-state index in [-0.39, 0.29) is 6.54 Å². The number of likely N-dealkylation sites (tertiary alicyclic amines) is 1. The maximum atomic E-state index is 12.8. The summed E-state index contributed by atoms with van der Waals surface area (Å²) in [5, 5.41) is 42.6. The lowest BCUT2D eigenvalue weighted by molar-refractivity contribution is -0.176. The van der Waals surface area contributed by atoms with Crippen molar-refractivity contribution in [3.63, 3.8) is 0 Å². The molecule has 1 aromatic rings. The number of aliphatic hydroxyl groups excluding tert-OH is 4. The van der Waals surface area contributed by atoms with E-state index in [9.17, 15) is 29.6 Å². The average Bonchev–Trinajstić information content (AvgIpc) is 2.62. The second-order valence-corrected chi connectivity index (χ2v) is 6.07. The number of carbonyl (C=O) groups excluding carboxylic acids is 1. The minimum absolute atomic E-state index is 0.102. The maximum absolute atomic E-state index is 12.8. The van der Waals surface area contributed by atoms with Gasteiger partial charge in [-0.1, -0.05) is 12.2 Å². The van der Waals surface area contributed by atoms with Crippen molar-refractivity contribution in [2.24, 2.45) is 0 Å². The molecule has 1 amide bonds. The van der Waals surface area contributed by atoms with E-state index in [1.54, 1.807) is 19.1 Å². The first-order chi connectivity index (χ1) is 12.4. The van der Waals surface area contributed by atoms with Gasteiger partial charge in [-0.2, -0.15) is 4.39 Å². The van der Waals surface area contributed by atoms with Crippen molar-refractivity contribution in [1.29, 1.82) is 0 Å². The molecule has 5 unspecified atom stereocenters. The van der Waals surface area contributed by atoms with Gasteiger partial charge in [-0.05, 0) is 24.6 Å². The van der Waals surface area contributed by atoms with E-state index < -0.39 is 48.9 Å². The molecule has 26 heavy (non-hydrogen) atoms. The molecule has 1 aliphatic heterocycles. The number of aliphatic hydroxyl groups is 4. The Balaban J connectivity index is 2.22. The summed E-state index contributed by atoms with van der Waals surface area (Å²) in [6.07, 6.45) is 0.129. The number of nitrogens with one attached hydrogen (secondary N) is 1. The topological polar surface area (TPSA) is 126 Å². The van der Waals surface area contributed by atoms with E-state index >= 15 is 0 Å². The molecular formula is C17H24FN3O5. The Morgan fingerprint density at radius 2 is 2.04 bits per heavy atom. The summed E-state index contributed by atoms with van der Waals surface area (Å²) in [7, 11) is 0. The van der Waals surface area contributed by atoms with Crippen LogP contribution in [0.25, 0.3) is 6.08 Å². The molecule has 8 nitrogen and oxygen atoms in total. The molecule has 2 rings (SSSR count). The molecule has 0 aromatic carbocycles. The predicted molar refractivity (Wildman–Crippen MR) is 91.3 cm³/mol. The van der Waals surface area contributed by atoms with Crippen molar-refractivity contribution < 1.29 is 29.6 Å². The van der Waals surface area contributed by atoms with Crippen LogP contribution in [-0.4, -0.2) is 86.3 Å². The third-order valence-corrected chi connectivity index (χ3v) is 4.38. The van der Waals surface area contributed by atoms with Gasteiger partial charge in [0.05, 0.1) is 12.6 Å². The number of piperidine rings is 1. The minimum atomic E-state index is -1.55. The Bertz CT molecular complexity index is 627. The Kier molecular flexibility index (Phi) is 7.18. The minimum Gasteiger partial charge on any atom is -0.395 e. The highest BCUT2D eigenvalue weighted by Gasteiger charge is 2.49. The number of nitrogens with zero attached hydrogens (tertiary/aromatic N) is 2. The summed E-state index contributed by atoms with van der Waals surface area (Å²) in [4.78, 5) is 17.3. The standard InChI is InChI=1S/C17H24FN3O5/c1-2-19-17(26)13-15(24)16(25)14(23)11(9-22)21(13)7-3-4-10-5-6-12(18)20-8-10/h3-6,8,11,13-16,22-25H,2,7,9H2,1H3,(H,19,26)/b4-3+. The van der Waals surface area contributed by atoms with Crippen molar-refractivity contribution in [2.45, 2.75) is 37.3 Å². The van der Waals surface area contributed by atoms with Gasteiger partial charge in [0, 0.05) is 19.3 Å². The van der Waals surface area contributed by atoms with Gasteiger partial charge in [0.1, 0.15) is 24.4 Å². The Hall–Kier alpha value is -1.91. The average molecular weight is 369 g/mol. The molecule has 5 N–H and O–H groups in total. The van der Waals surface area contributed by atoms with Gasteiger partial charge in [-0.25, -0.2) is 4.98 Å². The highest BCUT2D eigenvalue weighted by atomic mass is 19.1. The van der Waals surface area contributed by atoms with Gasteiger partial charge >= 0.3 is 0 Å². The van der Waals surface area contributed by atoms with E-state index in [0.717, 1.165) is 0 Å². The van der Waals surface area contributed by atoms with Gasteiger partial charge in [0.15, 0.2) is 0 Å². The molecule has 1 aliphatic rings. The van der Waals surface area contributed by atoms with Crippen LogP contribution in [0.5, 0.6) is 0 Å². The lowest BCUT2D eigenvalue weighted by Gasteiger charge is -2.47. The van der Waals surface area contributed by atoms with Crippen LogP contribution in [-0.2, 0) is 4.79 Å². The van der Waals surface area contributed by atoms with Crippen molar-refractivity contribution in [2.75, 3.05) is 19.7 Å². The SMILES string of the molecule is CCNC(=O)C1C(O)C(O)C(O)C(CO)N1C/C=C/c1ccc(F)nc1. The molecule has 0 saturated carbocycles. The fourth-order valence-corrected chi connectivity index (χ4v) is 3.06. The molecule has 144 valence electrons. The van der Waals surface area contributed by atoms with Gasteiger partial charge in [0.25, 0.3) is 0 Å². The molecule has 1 fully saturated rings. The van der Waals surface area contributed by atoms with Crippen LogP contribution in [0.15, 0.2) is 24.4 Å². The number of rotatable bonds is 6. The molecule has 1 aromatic heterocycles. The van der Waals surface area contributed by atoms with E-state index in [1.165, 1.54) is 23.2 Å². The van der Waals surface area contributed by atoms with Crippen molar-refractivity contribution >= 4 is 12.0 Å². The Labute approximate surface area is 150 Å². The molecule has 0 bridgehead atoms. The van der Waals surface area contributed by atoms with E-state index in [0.29, 0.717) is 12.1 Å². The number of halogens is 1. The van der Waals surface area contributed by atoms with Crippen LogP contribution in [0, 0.1) is 5.95 Å². The number of carbonyl (C=O) groups is 1. The summed E-state index contributed by atoms with van der Waals surface area (Å²) in [6.45, 7) is 1.64. The normalized spacial score (nSPS) is 29.8. The number of likely N-dealkylation sites (N-methyl/N-ethyl adjacent to an activating group) is 1. The summed E-state index contributed by atoms with van der Waals surface area (Å²) in [5.74, 6) is -1.11. The highest BCUT2D eigenvalue weighted by molar-refractivity contribution is 5.82. The quantitative estimate of drug-likeness (QED) is 0.386. The number of hydrogen-bond acceptors (Lipinski definition) is 7. The summed E-state index contributed by atoms with van der Waals surface area (Å²) in [6, 6.07) is 0.657. The largest absolute Gasteiger partial charge is 0.395 e. The van der Waals surface area contributed by atoms with Gasteiger partial charge in [-0.15, -0.1) is 0 Å². The number of pyridine rings is 1. The second kappa shape index (κ2) is 9.15. The molecular weight excluding hydrogens is 345 g/mol. The molecule has 5 atom stereocenters. The predicted octanol–water partition coefficient (Wildman–Crippen LogP) is -1.50. The zero-order valence-electron chi connectivity index (χ0n) is 14.4. The lowest BCUT2D eigenvalue weighted by Crippen LogP contribution is -2.70. The summed E-state index contributed by atoms with van der Waals surface area (Å²) < 4.78 is 12.8. The first-order valence-electron chi connectivity index (χ1n) is 8.37. The maximum Gasteiger partial charge on any atom is 0.240 e. The molecule has 1 saturated heterocycles. The molecule has 2 heterocycles. The molecule has 0 aliphatic carbocycles. The van der Waals surface area contributed by atoms with Crippen molar-refractivity contribution in [1.82, 2.24) is 15.2 Å². The zero-order chi connectivity index (χ0) is 19.3. The van der Waals surface area contributed by atoms with Crippen molar-refractivity contribution in [3.05, 3.63) is 35.9 Å². The smallest absolute Gasteiger partial charge is 0.240 e. The van der Waals surface area contributed by atoms with E-state index in [1.807, 2.05) is 0 Å². The summed E-state index contributed by atoms with van der Waals surface area (Å²) in [5.41, 5.74) is 0.625. The third-order valence-electron chi connectivity index (χ3n) is 4.38. The van der Waals surface area contributed by atoms with Gasteiger partial charge in [-0.3, -0.25) is 9.69 Å². The first-order valence-corrected chi connectivity index (χ1v) is 8.37. The van der Waals surface area contributed by atoms with Crippen LogP contribution in [0.1, 0.15) is 12.5 Å². The fraction of sp³-hybridized carbons (Fsp3) is 0.529. The number of aromatic nitrogens is 1. The fourth-order valence-electron chi connectivity index (χ4n) is 3.06. The van der Waals surface area contributed by atoms with Crippen molar-refractivity contribution in [3.8, 4) is 0 Å². The van der Waals surface area contributed by atoms with Gasteiger partial charge < -0.3 is 25.7 Å². The number of hydrogen-bond donors (Lipinski definition) is 5. The van der Waals surface area contributed by atoms with Crippen LogP contribution < -0.4 is 5.32 Å². The number of amides is 1. The zero-order valence-corrected chi connectivity index (χ0v) is 14.4. The van der Waals surface area contributed by atoms with Crippen LogP contribution in [0.4, 0.5) is 4.39 Å².